The molecule has 1 atom stereocenters. The molecule has 0 saturated heterocycles. The van der Waals surface area contributed by atoms with E-state index in [1.165, 1.54) is 19.4 Å². The Hall–Kier alpha value is -0.940. The smallest absolute Gasteiger partial charge is 0.205 e. The van der Waals surface area contributed by atoms with Crippen molar-refractivity contribution < 1.29 is 13.5 Å². The van der Waals surface area contributed by atoms with Gasteiger partial charge in [0, 0.05) is 0 Å². The molecule has 1 aromatic heterocycles. The van der Waals surface area contributed by atoms with Crippen LogP contribution in [0, 0.1) is 0 Å². The third-order valence-electron chi connectivity index (χ3n) is 1.12. The van der Waals surface area contributed by atoms with Crippen molar-refractivity contribution in [3.63, 3.8) is 0 Å². The molecule has 0 aromatic carbocycles. The molecular formula is C6H7NO3S. The van der Waals surface area contributed by atoms with E-state index in [1.807, 2.05) is 0 Å². The van der Waals surface area contributed by atoms with E-state index >= 15 is 0 Å². The average Bonchev–Trinajstić information content (AvgIpc) is 2.05. The summed E-state index contributed by atoms with van der Waals surface area (Å²) in [5.74, 6) is 0.569. The Morgan fingerprint density at radius 1 is 1.64 bits per heavy atom. The highest BCUT2D eigenvalue weighted by Crippen LogP contribution is 2.09. The van der Waals surface area contributed by atoms with Crippen LogP contribution in [0.2, 0.25) is 0 Å². The third kappa shape index (κ3) is 1.99. The van der Waals surface area contributed by atoms with Crippen LogP contribution in [0.1, 0.15) is 0 Å². The second-order valence-electron chi connectivity index (χ2n) is 1.79. The van der Waals surface area contributed by atoms with Crippen molar-refractivity contribution in [2.24, 2.45) is 0 Å². The molecule has 4 nitrogen and oxygen atoms in total. The van der Waals surface area contributed by atoms with Crippen LogP contribution >= 0.6 is 0 Å². The van der Waals surface area contributed by atoms with Gasteiger partial charge in [-0.05, 0) is 12.1 Å². The van der Waals surface area contributed by atoms with Gasteiger partial charge in [-0.1, -0.05) is 0 Å². The number of nitrogens with zero attached hydrogens (tertiary/aromatic N) is 1. The molecule has 1 N–H and O–H groups in total. The van der Waals surface area contributed by atoms with Gasteiger partial charge < -0.3 is 9.29 Å². The molecule has 0 saturated carbocycles. The van der Waals surface area contributed by atoms with Gasteiger partial charge in [-0.15, -0.1) is 0 Å². The number of pyridine rings is 1. The Balaban J connectivity index is 2.91. The van der Waals surface area contributed by atoms with Gasteiger partial charge in [0.1, 0.15) is 5.75 Å². The van der Waals surface area contributed by atoms with Crippen molar-refractivity contribution in [2.75, 3.05) is 7.11 Å². The Bertz CT molecular complexity index is 259. The summed E-state index contributed by atoms with van der Waals surface area (Å²) in [4.78, 5) is 3.67. The fraction of sp³-hybridized carbons (Fsp3) is 0.167. The van der Waals surface area contributed by atoms with Crippen LogP contribution in [-0.2, 0) is 11.1 Å². The molecular weight excluding hydrogens is 166 g/mol. The minimum absolute atomic E-state index is 0.130. The van der Waals surface area contributed by atoms with Gasteiger partial charge in [-0.25, -0.2) is 9.19 Å². The Kier molecular flexibility index (Phi) is 2.56. The molecule has 0 radical (unpaired) electrons. The molecule has 5 heteroatoms. The van der Waals surface area contributed by atoms with Gasteiger partial charge in [-0.3, -0.25) is 0 Å². The van der Waals surface area contributed by atoms with Crippen LogP contribution in [0.15, 0.2) is 23.4 Å². The summed E-state index contributed by atoms with van der Waals surface area (Å²) in [7, 11) is 1.51. The summed E-state index contributed by atoms with van der Waals surface area (Å²) < 4.78 is 23.8. The number of rotatable bonds is 2. The van der Waals surface area contributed by atoms with E-state index in [4.69, 9.17) is 9.29 Å². The molecule has 1 aromatic rings. The molecule has 11 heavy (non-hydrogen) atoms. The molecule has 1 rings (SSSR count). The van der Waals surface area contributed by atoms with E-state index < -0.39 is 11.1 Å². The molecule has 60 valence electrons. The predicted octanol–water partition coefficient (Wildman–Crippen LogP) is 0.671. The molecule has 0 aliphatic carbocycles. The molecule has 0 aliphatic heterocycles. The zero-order valence-corrected chi connectivity index (χ0v) is 6.67. The maximum Gasteiger partial charge on any atom is 0.205 e. The molecule has 0 fully saturated rings. The van der Waals surface area contributed by atoms with E-state index in [0.29, 0.717) is 5.75 Å². The lowest BCUT2D eigenvalue weighted by molar-refractivity contribution is 0.412. The van der Waals surface area contributed by atoms with Gasteiger partial charge in [0.25, 0.3) is 0 Å². The number of hydrogen-bond acceptors (Lipinski definition) is 3. The van der Waals surface area contributed by atoms with Crippen molar-refractivity contribution in [3.8, 4) is 5.75 Å². The van der Waals surface area contributed by atoms with Crippen LogP contribution in [0.5, 0.6) is 5.75 Å². The van der Waals surface area contributed by atoms with E-state index in [9.17, 15) is 4.21 Å². The monoisotopic (exact) mass is 173 g/mol. The number of ether oxygens (including phenoxy) is 1. The van der Waals surface area contributed by atoms with Crippen LogP contribution in [0.3, 0.4) is 0 Å². The number of hydrogen-bond donors (Lipinski definition) is 1. The van der Waals surface area contributed by atoms with Crippen LogP contribution in [0.4, 0.5) is 0 Å². The lowest BCUT2D eigenvalue weighted by Crippen LogP contribution is -1.92. The van der Waals surface area contributed by atoms with E-state index in [2.05, 4.69) is 4.98 Å². The zero-order chi connectivity index (χ0) is 8.27. The van der Waals surface area contributed by atoms with Crippen molar-refractivity contribution in [2.45, 2.75) is 5.03 Å². The van der Waals surface area contributed by atoms with Gasteiger partial charge in [0.2, 0.25) is 11.1 Å². The molecule has 0 aliphatic rings. The first-order valence-electron chi connectivity index (χ1n) is 2.85. The summed E-state index contributed by atoms with van der Waals surface area (Å²) in [5.41, 5.74) is 0. The predicted molar refractivity (Wildman–Crippen MR) is 39.8 cm³/mol. The van der Waals surface area contributed by atoms with Crippen LogP contribution in [0.25, 0.3) is 0 Å². The molecule has 0 bridgehead atoms. The molecule has 0 spiro atoms. The maximum absolute atomic E-state index is 10.4. The van der Waals surface area contributed by atoms with Crippen molar-refractivity contribution in [3.05, 3.63) is 18.3 Å². The van der Waals surface area contributed by atoms with E-state index in [0.717, 1.165) is 0 Å². The Labute approximate surface area is 66.5 Å². The van der Waals surface area contributed by atoms with Crippen molar-refractivity contribution in [1.29, 1.82) is 0 Å². The fourth-order valence-corrected chi connectivity index (χ4v) is 0.918. The highest BCUT2D eigenvalue weighted by Gasteiger charge is 1.99. The largest absolute Gasteiger partial charge is 0.495 e. The quantitative estimate of drug-likeness (QED) is 0.668. The zero-order valence-electron chi connectivity index (χ0n) is 5.85. The summed E-state index contributed by atoms with van der Waals surface area (Å²) in [6, 6.07) is 3.02. The topological polar surface area (TPSA) is 59.4 Å². The maximum atomic E-state index is 10.4. The van der Waals surface area contributed by atoms with E-state index in [-0.39, 0.29) is 5.03 Å². The van der Waals surface area contributed by atoms with Crippen LogP contribution < -0.4 is 4.74 Å². The van der Waals surface area contributed by atoms with E-state index in [1.54, 1.807) is 6.07 Å². The second-order valence-corrected chi connectivity index (χ2v) is 2.70. The van der Waals surface area contributed by atoms with Gasteiger partial charge >= 0.3 is 0 Å². The first-order valence-corrected chi connectivity index (χ1v) is 3.95. The standard InChI is InChI=1S/C6H7NO3S/c1-10-5-2-3-6(7-4-5)11(8)9/h2-4H,1H3,(H,8,9). The van der Waals surface area contributed by atoms with Gasteiger partial charge in [0.05, 0.1) is 13.3 Å². The fourth-order valence-electron chi connectivity index (χ4n) is 0.591. The minimum Gasteiger partial charge on any atom is -0.495 e. The lowest BCUT2D eigenvalue weighted by atomic mass is 10.5. The summed E-state index contributed by atoms with van der Waals surface area (Å²) in [6.45, 7) is 0. The normalized spacial score (nSPS) is 12.5. The van der Waals surface area contributed by atoms with Gasteiger partial charge in [-0.2, -0.15) is 0 Å². The van der Waals surface area contributed by atoms with Gasteiger partial charge in [0.15, 0.2) is 5.03 Å². The first kappa shape index (κ1) is 8.16. The molecule has 0 amide bonds. The van der Waals surface area contributed by atoms with Crippen molar-refractivity contribution >= 4 is 11.1 Å². The highest BCUT2D eigenvalue weighted by molar-refractivity contribution is 7.79. The lowest BCUT2D eigenvalue weighted by Gasteiger charge is -1.97. The van der Waals surface area contributed by atoms with Crippen molar-refractivity contribution in [1.82, 2.24) is 4.98 Å². The summed E-state index contributed by atoms with van der Waals surface area (Å²) in [5, 5.41) is 0.130. The molecule has 1 unspecified atom stereocenters. The third-order valence-corrected chi connectivity index (χ3v) is 1.72. The average molecular weight is 173 g/mol. The SMILES string of the molecule is COc1ccc(S(=O)O)nc1. The Morgan fingerprint density at radius 3 is 2.73 bits per heavy atom. The molecule has 1 heterocycles. The Morgan fingerprint density at radius 2 is 2.36 bits per heavy atom. The summed E-state index contributed by atoms with van der Waals surface area (Å²) in [6.07, 6.45) is 1.39. The minimum atomic E-state index is -2.01. The summed E-state index contributed by atoms with van der Waals surface area (Å²) >= 11 is -2.01. The number of aromatic nitrogens is 1. The van der Waals surface area contributed by atoms with Crippen LogP contribution in [-0.4, -0.2) is 20.9 Å². The second kappa shape index (κ2) is 3.45. The highest BCUT2D eigenvalue weighted by atomic mass is 32.2. The number of methoxy groups -OCH3 is 1. The first-order chi connectivity index (χ1) is 5.24.